The highest BCUT2D eigenvalue weighted by molar-refractivity contribution is 7.99. The lowest BCUT2D eigenvalue weighted by atomic mass is 9.92. The van der Waals surface area contributed by atoms with Gasteiger partial charge < -0.3 is 5.32 Å². The Morgan fingerprint density at radius 3 is 2.41 bits per heavy atom. The molecule has 5 nitrogen and oxygen atoms in total. The predicted molar refractivity (Wildman–Crippen MR) is 142 cm³/mol. The van der Waals surface area contributed by atoms with E-state index in [1.165, 1.54) is 11.8 Å². The predicted octanol–water partition coefficient (Wildman–Crippen LogP) is 7.35. The maximum Gasteiger partial charge on any atom is 0.234 e. The first-order valence-electron chi connectivity index (χ1n) is 10.9. The van der Waals surface area contributed by atoms with Crippen molar-refractivity contribution in [3.8, 4) is 11.1 Å². The van der Waals surface area contributed by atoms with Crippen LogP contribution < -0.4 is 5.32 Å². The quantitative estimate of drug-likeness (QED) is 0.224. The van der Waals surface area contributed by atoms with E-state index in [2.05, 4.69) is 26.1 Å². The van der Waals surface area contributed by atoms with Gasteiger partial charge in [0.05, 0.1) is 17.1 Å². The zero-order valence-electron chi connectivity index (χ0n) is 19.7. The molecule has 1 N–H and O–H groups in total. The fraction of sp³-hybridized carbons (Fsp3) is 0.269. The van der Waals surface area contributed by atoms with Crippen LogP contribution in [0.3, 0.4) is 0 Å². The van der Waals surface area contributed by atoms with Gasteiger partial charge in [-0.05, 0) is 55.3 Å². The summed E-state index contributed by atoms with van der Waals surface area (Å²) in [6.07, 6.45) is 0. The van der Waals surface area contributed by atoms with Gasteiger partial charge in [0.2, 0.25) is 5.91 Å². The summed E-state index contributed by atoms with van der Waals surface area (Å²) in [5, 5.41) is 9.85. The highest BCUT2D eigenvalue weighted by atomic mass is 35.5. The molecule has 0 saturated carbocycles. The minimum Gasteiger partial charge on any atom is -0.325 e. The number of aryl methyl sites for hydroxylation is 2. The van der Waals surface area contributed by atoms with E-state index >= 15 is 0 Å². The van der Waals surface area contributed by atoms with Gasteiger partial charge in [-0.1, -0.05) is 73.9 Å². The molecule has 176 valence electrons. The number of carbonyl (C=O) groups excluding carboxylic acids is 1. The van der Waals surface area contributed by atoms with Crippen LogP contribution in [0.1, 0.15) is 37.7 Å². The van der Waals surface area contributed by atoms with Gasteiger partial charge in [0.1, 0.15) is 5.03 Å². The van der Waals surface area contributed by atoms with Crippen LogP contribution in [-0.4, -0.2) is 26.3 Å². The van der Waals surface area contributed by atoms with Crippen molar-refractivity contribution >= 4 is 52.2 Å². The monoisotopic (exact) mass is 512 g/mol. The molecule has 0 spiro atoms. The molecule has 0 radical (unpaired) electrons. The standard InChI is InChI=1S/C26H26Cl2N4OS/c1-15-6-11-19(12-20(15)28)29-22(33)14-34-23-13-21(26(3,4)5)30-25-24(16(2)31-32(23)25)17-7-9-18(27)10-8-17/h6-13H,14H2,1-5H3,(H,29,33). The number of carbonyl (C=O) groups is 1. The number of thioether (sulfide) groups is 1. The molecule has 34 heavy (non-hydrogen) atoms. The van der Waals surface area contributed by atoms with Crippen molar-refractivity contribution in [1.82, 2.24) is 14.6 Å². The SMILES string of the molecule is Cc1ccc(NC(=O)CSc2cc(C(C)(C)C)nc3c(-c4ccc(Cl)cc4)c(C)nn23)cc1Cl. The fourth-order valence-electron chi connectivity index (χ4n) is 3.55. The van der Waals surface area contributed by atoms with Crippen molar-refractivity contribution in [1.29, 1.82) is 0 Å². The molecular formula is C26H26Cl2N4OS. The second-order valence-corrected chi connectivity index (χ2v) is 11.1. The van der Waals surface area contributed by atoms with Gasteiger partial charge in [0.15, 0.2) is 5.65 Å². The molecule has 1 amide bonds. The number of hydrogen-bond acceptors (Lipinski definition) is 4. The minimum absolute atomic E-state index is 0.117. The number of nitrogens with one attached hydrogen (secondary N) is 1. The van der Waals surface area contributed by atoms with Crippen molar-refractivity contribution in [2.75, 3.05) is 11.1 Å². The maximum atomic E-state index is 12.7. The highest BCUT2D eigenvalue weighted by Crippen LogP contribution is 2.33. The number of aromatic nitrogens is 3. The molecule has 0 unspecified atom stereocenters. The van der Waals surface area contributed by atoms with E-state index in [0.29, 0.717) is 15.7 Å². The first-order valence-corrected chi connectivity index (χ1v) is 12.6. The third-order valence-corrected chi connectivity index (χ3v) is 7.09. The van der Waals surface area contributed by atoms with Crippen molar-refractivity contribution in [3.63, 3.8) is 0 Å². The van der Waals surface area contributed by atoms with Gasteiger partial charge in [-0.2, -0.15) is 5.10 Å². The molecule has 8 heteroatoms. The third kappa shape index (κ3) is 5.24. The summed E-state index contributed by atoms with van der Waals surface area (Å²) in [7, 11) is 0. The van der Waals surface area contributed by atoms with Crippen molar-refractivity contribution < 1.29 is 4.79 Å². The summed E-state index contributed by atoms with van der Waals surface area (Å²) in [6.45, 7) is 10.3. The number of amides is 1. The first-order chi connectivity index (χ1) is 16.0. The van der Waals surface area contributed by atoms with Crippen molar-refractivity contribution in [2.24, 2.45) is 0 Å². The summed E-state index contributed by atoms with van der Waals surface area (Å²) in [4.78, 5) is 17.7. The molecule has 0 atom stereocenters. The number of halogens is 2. The average molecular weight is 513 g/mol. The lowest BCUT2D eigenvalue weighted by Gasteiger charge is -2.19. The largest absolute Gasteiger partial charge is 0.325 e. The van der Waals surface area contributed by atoms with Crippen LogP contribution in [0.5, 0.6) is 0 Å². The number of nitrogens with zero attached hydrogens (tertiary/aromatic N) is 3. The Balaban J connectivity index is 1.68. The van der Waals surface area contributed by atoms with Gasteiger partial charge in [0.25, 0.3) is 0 Å². The molecule has 0 aliphatic rings. The number of benzene rings is 2. The van der Waals surface area contributed by atoms with Gasteiger partial charge in [-0.3, -0.25) is 4.79 Å². The maximum absolute atomic E-state index is 12.7. The first kappa shape index (κ1) is 24.6. The van der Waals surface area contributed by atoms with Crippen LogP contribution in [0.25, 0.3) is 16.8 Å². The minimum atomic E-state index is -0.173. The van der Waals surface area contributed by atoms with E-state index < -0.39 is 0 Å². The summed E-state index contributed by atoms with van der Waals surface area (Å²) >= 11 is 13.7. The smallest absolute Gasteiger partial charge is 0.234 e. The molecular weight excluding hydrogens is 487 g/mol. The normalized spacial score (nSPS) is 11.7. The topological polar surface area (TPSA) is 59.3 Å². The van der Waals surface area contributed by atoms with Crippen LogP contribution in [0.15, 0.2) is 53.6 Å². The number of anilines is 1. The summed E-state index contributed by atoms with van der Waals surface area (Å²) < 4.78 is 1.83. The molecule has 4 aromatic rings. The Morgan fingerprint density at radius 2 is 1.76 bits per heavy atom. The van der Waals surface area contributed by atoms with Crippen LogP contribution in [0.2, 0.25) is 10.0 Å². The van der Waals surface area contributed by atoms with Gasteiger partial charge in [-0.15, -0.1) is 0 Å². The van der Waals surface area contributed by atoms with Gasteiger partial charge in [0, 0.05) is 26.7 Å². The highest BCUT2D eigenvalue weighted by Gasteiger charge is 2.23. The lowest BCUT2D eigenvalue weighted by molar-refractivity contribution is -0.113. The zero-order chi connectivity index (χ0) is 24.6. The fourth-order valence-corrected chi connectivity index (χ4v) is 4.65. The second kappa shape index (κ2) is 9.61. The van der Waals surface area contributed by atoms with E-state index in [1.807, 2.05) is 60.8 Å². The van der Waals surface area contributed by atoms with E-state index in [-0.39, 0.29) is 17.1 Å². The van der Waals surface area contributed by atoms with E-state index in [4.69, 9.17) is 33.3 Å². The molecule has 0 aliphatic heterocycles. The molecule has 0 saturated heterocycles. The molecule has 0 fully saturated rings. The molecule has 4 rings (SSSR count). The van der Waals surface area contributed by atoms with Crippen LogP contribution in [-0.2, 0) is 10.2 Å². The van der Waals surface area contributed by atoms with Gasteiger partial charge in [-0.25, -0.2) is 9.50 Å². The Bertz CT molecular complexity index is 1370. The zero-order valence-corrected chi connectivity index (χ0v) is 22.1. The molecule has 2 aromatic carbocycles. The van der Waals surface area contributed by atoms with Crippen molar-refractivity contribution in [2.45, 2.75) is 45.1 Å². The van der Waals surface area contributed by atoms with Gasteiger partial charge >= 0.3 is 0 Å². The summed E-state index contributed by atoms with van der Waals surface area (Å²) in [5.41, 5.74) is 5.99. The Morgan fingerprint density at radius 1 is 1.06 bits per heavy atom. The van der Waals surface area contributed by atoms with E-state index in [1.54, 1.807) is 6.07 Å². The molecule has 0 bridgehead atoms. The summed E-state index contributed by atoms with van der Waals surface area (Å²) in [5.74, 6) is 0.109. The average Bonchev–Trinajstić information content (AvgIpc) is 3.10. The lowest BCUT2D eigenvalue weighted by Crippen LogP contribution is -2.17. The number of fused-ring (bicyclic) bond motifs is 1. The van der Waals surface area contributed by atoms with Crippen LogP contribution in [0, 0.1) is 13.8 Å². The molecule has 0 aliphatic carbocycles. The van der Waals surface area contributed by atoms with Crippen molar-refractivity contribution in [3.05, 3.63) is 75.5 Å². The third-order valence-electron chi connectivity index (χ3n) is 5.44. The Labute approximate surface area is 213 Å². The summed E-state index contributed by atoms with van der Waals surface area (Å²) in [6, 6.07) is 15.2. The molecule has 2 heterocycles. The van der Waals surface area contributed by atoms with E-state index in [9.17, 15) is 4.79 Å². The Hall–Kier alpha value is -2.54. The number of rotatable bonds is 5. The second-order valence-electron chi connectivity index (χ2n) is 9.23. The van der Waals surface area contributed by atoms with Crippen LogP contribution >= 0.6 is 35.0 Å². The number of hydrogen-bond donors (Lipinski definition) is 1. The Kier molecular flexibility index (Phi) is 6.94. The van der Waals surface area contributed by atoms with Crippen LogP contribution in [0.4, 0.5) is 5.69 Å². The van der Waals surface area contributed by atoms with E-state index in [0.717, 1.165) is 38.8 Å². The molecule has 2 aromatic heterocycles.